The molecule has 1 aliphatic heterocycles. The van der Waals surface area contributed by atoms with Crippen molar-refractivity contribution in [3.05, 3.63) is 77.4 Å². The van der Waals surface area contributed by atoms with Gasteiger partial charge in [-0.15, -0.1) is 0 Å². The topological polar surface area (TPSA) is 125 Å². The van der Waals surface area contributed by atoms with Gasteiger partial charge in [0.1, 0.15) is 11.6 Å². The highest BCUT2D eigenvalue weighted by atomic mass is 19.1. The van der Waals surface area contributed by atoms with E-state index >= 15 is 0 Å². The highest BCUT2D eigenvalue weighted by Crippen LogP contribution is 2.33. The van der Waals surface area contributed by atoms with Crippen molar-refractivity contribution in [1.82, 2.24) is 25.7 Å². The molecule has 3 N–H and O–H groups in total. The molecule has 0 fully saturated rings. The Labute approximate surface area is 213 Å². The summed E-state index contributed by atoms with van der Waals surface area (Å²) < 4.78 is 14.7. The smallest absolute Gasteiger partial charge is 0.255 e. The molecule has 0 aliphatic carbocycles. The predicted molar refractivity (Wildman–Crippen MR) is 134 cm³/mol. The number of fused-ring (bicyclic) bond motifs is 5. The van der Waals surface area contributed by atoms with Gasteiger partial charge in [0.25, 0.3) is 11.8 Å². The predicted octanol–water partition coefficient (Wildman–Crippen LogP) is 2.70. The molecule has 9 nitrogen and oxygen atoms in total. The lowest BCUT2D eigenvalue weighted by atomic mass is 9.98. The van der Waals surface area contributed by atoms with E-state index in [0.717, 1.165) is 5.56 Å². The van der Waals surface area contributed by atoms with Gasteiger partial charge in [-0.25, -0.2) is 4.39 Å². The van der Waals surface area contributed by atoms with Gasteiger partial charge in [-0.2, -0.15) is 10.2 Å². The van der Waals surface area contributed by atoms with Crippen LogP contribution in [-0.4, -0.2) is 64.1 Å². The van der Waals surface area contributed by atoms with Gasteiger partial charge in [0, 0.05) is 49.3 Å². The van der Waals surface area contributed by atoms with Crippen LogP contribution in [0.15, 0.2) is 54.9 Å². The average Bonchev–Trinajstić information content (AvgIpc) is 2.91. The lowest BCUT2D eigenvalue weighted by Crippen LogP contribution is -2.36. The fourth-order valence-electron chi connectivity index (χ4n) is 4.18. The van der Waals surface area contributed by atoms with E-state index in [1.54, 1.807) is 23.1 Å². The molecule has 192 valence electrons. The molecule has 3 amide bonds. The maximum atomic E-state index is 14.7. The van der Waals surface area contributed by atoms with Crippen LogP contribution in [0.2, 0.25) is 0 Å². The summed E-state index contributed by atoms with van der Waals surface area (Å²) in [4.78, 5) is 39.8. The lowest BCUT2D eigenvalue weighted by Gasteiger charge is -2.23. The van der Waals surface area contributed by atoms with Crippen molar-refractivity contribution in [3.8, 4) is 16.9 Å². The van der Waals surface area contributed by atoms with Crippen LogP contribution >= 0.6 is 0 Å². The quantitative estimate of drug-likeness (QED) is 0.467. The number of carbonyl (C=O) groups is 3. The largest absolute Gasteiger partial charge is 0.507 e. The molecule has 1 aromatic heterocycles. The van der Waals surface area contributed by atoms with Crippen molar-refractivity contribution in [1.29, 1.82) is 0 Å². The first-order chi connectivity index (χ1) is 17.9. The Morgan fingerprint density at radius 1 is 0.919 bits per heavy atom. The minimum Gasteiger partial charge on any atom is -0.507 e. The summed E-state index contributed by atoms with van der Waals surface area (Å²) in [5, 5.41) is 23.5. The Morgan fingerprint density at radius 3 is 2.57 bits per heavy atom. The van der Waals surface area contributed by atoms with Crippen LogP contribution in [0.25, 0.3) is 11.1 Å². The van der Waals surface area contributed by atoms with E-state index in [1.165, 1.54) is 36.7 Å². The van der Waals surface area contributed by atoms with Gasteiger partial charge >= 0.3 is 0 Å². The number of nitrogens with zero attached hydrogens (tertiary/aromatic N) is 3. The molecule has 0 unspecified atom stereocenters. The number of hydrogen-bond acceptors (Lipinski definition) is 6. The number of hydrogen-bond donors (Lipinski definition) is 3. The molecule has 0 radical (unpaired) electrons. The summed E-state index contributed by atoms with van der Waals surface area (Å²) in [7, 11) is 0. The van der Waals surface area contributed by atoms with Crippen LogP contribution in [0.1, 0.15) is 45.5 Å². The maximum absolute atomic E-state index is 14.7. The van der Waals surface area contributed by atoms with Crippen molar-refractivity contribution in [3.63, 3.8) is 0 Å². The first-order valence-corrected chi connectivity index (χ1v) is 12.1. The minimum absolute atomic E-state index is 0.107. The summed E-state index contributed by atoms with van der Waals surface area (Å²) in [6.45, 7) is 1.37. The van der Waals surface area contributed by atoms with Crippen LogP contribution in [0.4, 0.5) is 4.39 Å². The number of carbonyl (C=O) groups excluding carboxylic acids is 3. The van der Waals surface area contributed by atoms with Crippen molar-refractivity contribution < 1.29 is 23.9 Å². The van der Waals surface area contributed by atoms with E-state index in [9.17, 15) is 23.9 Å². The highest BCUT2D eigenvalue weighted by molar-refractivity contribution is 5.96. The van der Waals surface area contributed by atoms with Gasteiger partial charge in [0.15, 0.2) is 0 Å². The van der Waals surface area contributed by atoms with Gasteiger partial charge in [0.2, 0.25) is 5.91 Å². The molecular weight excluding hydrogens is 477 g/mol. The van der Waals surface area contributed by atoms with Crippen molar-refractivity contribution in [2.75, 3.05) is 26.2 Å². The van der Waals surface area contributed by atoms with Crippen LogP contribution < -0.4 is 10.6 Å². The molecule has 4 rings (SSSR count). The second-order valence-electron chi connectivity index (χ2n) is 8.78. The molecule has 3 aromatic rings. The highest BCUT2D eigenvalue weighted by Gasteiger charge is 2.18. The van der Waals surface area contributed by atoms with E-state index in [4.69, 9.17) is 0 Å². The summed E-state index contributed by atoms with van der Waals surface area (Å²) >= 11 is 0. The number of nitrogens with one attached hydrogen (secondary N) is 2. The average molecular weight is 506 g/mol. The van der Waals surface area contributed by atoms with Crippen LogP contribution in [0.3, 0.4) is 0 Å². The number of benzene rings is 2. The number of amides is 3. The van der Waals surface area contributed by atoms with Gasteiger partial charge < -0.3 is 20.6 Å². The second kappa shape index (κ2) is 12.1. The molecule has 0 atom stereocenters. The molecule has 2 heterocycles. The van der Waals surface area contributed by atoms with E-state index in [1.807, 2.05) is 0 Å². The number of rotatable bonds is 1. The maximum Gasteiger partial charge on any atom is 0.255 e. The van der Waals surface area contributed by atoms with Gasteiger partial charge in [-0.1, -0.05) is 6.07 Å². The standard InChI is InChI=1S/C27H28FN5O4/c28-23-6-5-19-16-21(23)22-15-18(4-7-24(22)34)8-11-29-25(35)3-1-13-33(14-2-10-30-26(19)36)27(37)20-9-12-31-32-17-20/h4-7,9,12,15-17,34H,1-3,8,10-11,13-14H2,(H,29,35)(H,30,36). The Kier molecular flexibility index (Phi) is 8.40. The zero-order valence-electron chi connectivity index (χ0n) is 20.2. The van der Waals surface area contributed by atoms with Crippen molar-refractivity contribution in [2.45, 2.75) is 25.7 Å². The third-order valence-electron chi connectivity index (χ3n) is 6.16. The Balaban J connectivity index is 1.56. The van der Waals surface area contributed by atoms with E-state index < -0.39 is 5.82 Å². The summed E-state index contributed by atoms with van der Waals surface area (Å²) in [6.07, 6.45) is 4.49. The molecule has 10 heteroatoms. The first kappa shape index (κ1) is 25.7. The number of aromatic hydroxyl groups is 1. The fourth-order valence-corrected chi connectivity index (χ4v) is 4.18. The third kappa shape index (κ3) is 6.66. The molecule has 0 saturated carbocycles. The van der Waals surface area contributed by atoms with Gasteiger partial charge in [-0.05, 0) is 61.2 Å². The SMILES string of the molecule is O=C1CCCN(C(=O)c2ccnnc2)CCCNC(=O)c2ccc(F)c(c2)-c2cc(ccc2O)CCN1. The molecule has 37 heavy (non-hydrogen) atoms. The van der Waals surface area contributed by atoms with Crippen LogP contribution in [-0.2, 0) is 11.2 Å². The number of halogens is 1. The number of phenols is 1. The zero-order chi connectivity index (χ0) is 26.2. The third-order valence-corrected chi connectivity index (χ3v) is 6.16. The Bertz CT molecular complexity index is 1290. The van der Waals surface area contributed by atoms with E-state index in [2.05, 4.69) is 20.8 Å². The van der Waals surface area contributed by atoms with Gasteiger partial charge in [0.05, 0.1) is 18.0 Å². The van der Waals surface area contributed by atoms with Crippen LogP contribution in [0.5, 0.6) is 5.75 Å². The summed E-state index contributed by atoms with van der Waals surface area (Å²) in [5.74, 6) is -1.43. The first-order valence-electron chi connectivity index (χ1n) is 12.1. The van der Waals surface area contributed by atoms with Crippen LogP contribution in [0, 0.1) is 5.82 Å². The molecule has 2 aromatic carbocycles. The summed E-state index contributed by atoms with van der Waals surface area (Å²) in [6, 6.07) is 10.4. The Morgan fingerprint density at radius 2 is 1.76 bits per heavy atom. The van der Waals surface area contributed by atoms with Crippen molar-refractivity contribution in [2.24, 2.45) is 0 Å². The zero-order valence-corrected chi connectivity index (χ0v) is 20.2. The van der Waals surface area contributed by atoms with Crippen molar-refractivity contribution >= 4 is 17.7 Å². The number of phenolic OH excluding ortho intramolecular Hbond substituents is 1. The molecule has 4 bridgehead atoms. The van der Waals surface area contributed by atoms with Gasteiger partial charge in [-0.3, -0.25) is 14.4 Å². The Hall–Kier alpha value is -4.34. The number of aromatic nitrogens is 2. The second-order valence-corrected chi connectivity index (χ2v) is 8.78. The monoisotopic (exact) mass is 505 g/mol. The normalized spacial score (nSPS) is 15.5. The molecule has 0 spiro atoms. The molecular formula is C27H28FN5O4. The van der Waals surface area contributed by atoms with E-state index in [0.29, 0.717) is 44.5 Å². The minimum atomic E-state index is -0.567. The molecule has 0 saturated heterocycles. The lowest BCUT2D eigenvalue weighted by molar-refractivity contribution is -0.121. The fraction of sp³-hybridized carbons (Fsp3) is 0.296. The molecule has 1 aliphatic rings. The van der Waals surface area contributed by atoms with E-state index in [-0.39, 0.29) is 53.1 Å². The summed E-state index contributed by atoms with van der Waals surface area (Å²) in [5.41, 5.74) is 1.82.